The summed E-state index contributed by atoms with van der Waals surface area (Å²) in [6.45, 7) is 5.62. The number of aryl methyl sites for hydroxylation is 3. The zero-order chi connectivity index (χ0) is 15.6. The summed E-state index contributed by atoms with van der Waals surface area (Å²) in [6, 6.07) is 11.0. The smallest absolute Gasteiger partial charge is 0.415 e. The molecular weight excluding hydrogens is 288 g/mol. The van der Waals surface area contributed by atoms with E-state index >= 15 is 0 Å². The molecule has 0 spiro atoms. The molecule has 4 nitrogen and oxygen atoms in total. The number of benzene rings is 2. The highest BCUT2D eigenvalue weighted by Crippen LogP contribution is 2.20. The fourth-order valence-electron chi connectivity index (χ4n) is 1.74. The quantitative estimate of drug-likeness (QED) is 0.796. The van der Waals surface area contributed by atoms with Crippen LogP contribution in [0.15, 0.2) is 47.4 Å². The standard InChI is InChI=1S/C16H16O4S/c1-11-4-8-15(9-5-11)21(18,19)16(17)20-14-7-6-12(2)13(3)10-14/h4-10H,1-3H3. The number of rotatable bonds is 2. The second-order valence-electron chi connectivity index (χ2n) is 4.91. The highest BCUT2D eigenvalue weighted by atomic mass is 32.2. The van der Waals surface area contributed by atoms with Crippen LogP contribution >= 0.6 is 0 Å². The van der Waals surface area contributed by atoms with Crippen LogP contribution in [-0.2, 0) is 9.84 Å². The van der Waals surface area contributed by atoms with Crippen LogP contribution in [-0.4, -0.2) is 13.7 Å². The van der Waals surface area contributed by atoms with Crippen molar-refractivity contribution in [3.05, 3.63) is 59.2 Å². The third-order valence-corrected chi connectivity index (χ3v) is 4.65. The summed E-state index contributed by atoms with van der Waals surface area (Å²) >= 11 is 0. The molecular formula is C16H16O4S. The van der Waals surface area contributed by atoms with E-state index in [0.29, 0.717) is 0 Å². The molecule has 110 valence electrons. The van der Waals surface area contributed by atoms with Gasteiger partial charge in [0.25, 0.3) is 9.84 Å². The topological polar surface area (TPSA) is 60.4 Å². The van der Waals surface area contributed by atoms with E-state index in [1.807, 2.05) is 20.8 Å². The van der Waals surface area contributed by atoms with Gasteiger partial charge in [-0.2, -0.15) is 0 Å². The van der Waals surface area contributed by atoms with Gasteiger partial charge in [0, 0.05) is 0 Å². The Bertz CT molecular complexity index is 774. The number of sulfone groups is 1. The molecule has 2 rings (SSSR count). The van der Waals surface area contributed by atoms with Crippen molar-refractivity contribution in [1.82, 2.24) is 0 Å². The molecule has 0 aliphatic rings. The molecule has 0 fully saturated rings. The molecule has 0 radical (unpaired) electrons. The molecule has 0 aliphatic carbocycles. The Balaban J connectivity index is 2.26. The van der Waals surface area contributed by atoms with Crippen molar-refractivity contribution in [3.63, 3.8) is 0 Å². The van der Waals surface area contributed by atoms with Gasteiger partial charge in [-0.05, 0) is 56.2 Å². The van der Waals surface area contributed by atoms with E-state index in [2.05, 4.69) is 0 Å². The van der Waals surface area contributed by atoms with Crippen LogP contribution in [0.5, 0.6) is 5.75 Å². The minimum absolute atomic E-state index is 0.0677. The molecule has 0 atom stereocenters. The van der Waals surface area contributed by atoms with Crippen LogP contribution in [0, 0.1) is 20.8 Å². The summed E-state index contributed by atoms with van der Waals surface area (Å²) in [5.41, 5.74) is 2.88. The van der Waals surface area contributed by atoms with E-state index in [4.69, 9.17) is 4.74 Å². The molecule has 0 heterocycles. The highest BCUT2D eigenvalue weighted by molar-refractivity contribution is 8.05. The minimum Gasteiger partial charge on any atom is -0.415 e. The Morgan fingerprint density at radius 3 is 2.10 bits per heavy atom. The second-order valence-corrected chi connectivity index (χ2v) is 6.73. The van der Waals surface area contributed by atoms with E-state index in [0.717, 1.165) is 16.7 Å². The van der Waals surface area contributed by atoms with Gasteiger partial charge < -0.3 is 4.74 Å². The summed E-state index contributed by atoms with van der Waals surface area (Å²) in [5.74, 6) is 0.221. The molecule has 2 aromatic carbocycles. The van der Waals surface area contributed by atoms with E-state index in [1.54, 1.807) is 30.3 Å². The number of ether oxygens (including phenoxy) is 1. The molecule has 0 unspecified atom stereocenters. The normalized spacial score (nSPS) is 11.2. The van der Waals surface area contributed by atoms with Crippen LogP contribution in [0.3, 0.4) is 0 Å². The predicted octanol–water partition coefficient (Wildman–Crippen LogP) is 3.58. The zero-order valence-corrected chi connectivity index (χ0v) is 12.9. The third kappa shape index (κ3) is 3.31. The Morgan fingerprint density at radius 1 is 0.905 bits per heavy atom. The van der Waals surface area contributed by atoms with Gasteiger partial charge >= 0.3 is 5.30 Å². The first-order chi connectivity index (χ1) is 9.80. The Hall–Kier alpha value is -2.14. The van der Waals surface area contributed by atoms with Crippen LogP contribution in [0.4, 0.5) is 4.79 Å². The van der Waals surface area contributed by atoms with Crippen LogP contribution in [0.25, 0.3) is 0 Å². The van der Waals surface area contributed by atoms with Gasteiger partial charge in [0.2, 0.25) is 0 Å². The molecule has 0 amide bonds. The molecule has 0 saturated heterocycles. The van der Waals surface area contributed by atoms with Crippen molar-refractivity contribution in [3.8, 4) is 5.75 Å². The maximum Gasteiger partial charge on any atom is 0.435 e. The van der Waals surface area contributed by atoms with Crippen molar-refractivity contribution in [2.24, 2.45) is 0 Å². The molecule has 0 aromatic heterocycles. The van der Waals surface area contributed by atoms with Crippen molar-refractivity contribution < 1.29 is 17.9 Å². The second kappa shape index (κ2) is 5.69. The number of carbonyl (C=O) groups excluding carboxylic acids is 1. The SMILES string of the molecule is Cc1ccc(S(=O)(=O)C(=O)Oc2ccc(C)c(C)c2)cc1. The summed E-state index contributed by atoms with van der Waals surface area (Å²) < 4.78 is 29.2. The maximum absolute atomic E-state index is 12.1. The summed E-state index contributed by atoms with van der Waals surface area (Å²) in [4.78, 5) is 11.8. The Morgan fingerprint density at radius 2 is 1.52 bits per heavy atom. The predicted molar refractivity (Wildman–Crippen MR) is 80.3 cm³/mol. The number of hydrogen-bond donors (Lipinski definition) is 0. The number of hydrogen-bond acceptors (Lipinski definition) is 4. The van der Waals surface area contributed by atoms with E-state index < -0.39 is 15.1 Å². The first-order valence-corrected chi connectivity index (χ1v) is 7.90. The molecule has 0 bridgehead atoms. The average Bonchev–Trinajstić information content (AvgIpc) is 2.43. The lowest BCUT2D eigenvalue weighted by Crippen LogP contribution is -2.19. The van der Waals surface area contributed by atoms with Gasteiger partial charge in [0.15, 0.2) is 0 Å². The molecule has 2 aromatic rings. The summed E-state index contributed by atoms with van der Waals surface area (Å²) in [5, 5.41) is -1.27. The van der Waals surface area contributed by atoms with Crippen molar-refractivity contribution in [1.29, 1.82) is 0 Å². The van der Waals surface area contributed by atoms with E-state index in [1.165, 1.54) is 12.1 Å². The monoisotopic (exact) mass is 304 g/mol. The fourth-order valence-corrected chi connectivity index (χ4v) is 2.63. The largest absolute Gasteiger partial charge is 0.435 e. The Kier molecular flexibility index (Phi) is 4.14. The van der Waals surface area contributed by atoms with Crippen LogP contribution in [0.2, 0.25) is 0 Å². The first-order valence-electron chi connectivity index (χ1n) is 6.41. The summed E-state index contributed by atoms with van der Waals surface area (Å²) in [6.07, 6.45) is 0. The van der Waals surface area contributed by atoms with Gasteiger partial charge in [-0.25, -0.2) is 13.2 Å². The van der Waals surface area contributed by atoms with Crippen LogP contribution in [0.1, 0.15) is 16.7 Å². The van der Waals surface area contributed by atoms with Gasteiger partial charge in [0.05, 0.1) is 4.90 Å². The molecule has 5 heteroatoms. The molecule has 0 aliphatic heterocycles. The third-order valence-electron chi connectivity index (χ3n) is 3.23. The minimum atomic E-state index is -4.14. The van der Waals surface area contributed by atoms with E-state index in [9.17, 15) is 13.2 Å². The lowest BCUT2D eigenvalue weighted by atomic mass is 10.1. The fraction of sp³-hybridized carbons (Fsp3) is 0.188. The highest BCUT2D eigenvalue weighted by Gasteiger charge is 2.27. The number of carbonyl (C=O) groups is 1. The molecule has 0 N–H and O–H groups in total. The molecule has 0 saturated carbocycles. The zero-order valence-electron chi connectivity index (χ0n) is 12.1. The first kappa shape index (κ1) is 15.3. The lowest BCUT2D eigenvalue weighted by Gasteiger charge is -2.07. The van der Waals surface area contributed by atoms with Gasteiger partial charge in [-0.3, -0.25) is 0 Å². The maximum atomic E-state index is 12.1. The van der Waals surface area contributed by atoms with Crippen molar-refractivity contribution in [2.75, 3.05) is 0 Å². The van der Waals surface area contributed by atoms with Gasteiger partial charge in [0.1, 0.15) is 5.75 Å². The molecule has 21 heavy (non-hydrogen) atoms. The van der Waals surface area contributed by atoms with Crippen molar-refractivity contribution >= 4 is 15.1 Å². The Labute approximate surface area is 124 Å². The lowest BCUT2D eigenvalue weighted by molar-refractivity contribution is 0.224. The van der Waals surface area contributed by atoms with Gasteiger partial charge in [-0.1, -0.05) is 23.8 Å². The van der Waals surface area contributed by atoms with Crippen LogP contribution < -0.4 is 4.74 Å². The van der Waals surface area contributed by atoms with E-state index in [-0.39, 0.29) is 10.6 Å². The van der Waals surface area contributed by atoms with Crippen molar-refractivity contribution in [2.45, 2.75) is 25.7 Å². The average molecular weight is 304 g/mol. The van der Waals surface area contributed by atoms with Gasteiger partial charge in [-0.15, -0.1) is 0 Å². The summed E-state index contributed by atoms with van der Waals surface area (Å²) in [7, 11) is -4.14.